The van der Waals surface area contributed by atoms with Crippen LogP contribution in [0.4, 0.5) is 0 Å². The summed E-state index contributed by atoms with van der Waals surface area (Å²) in [5.41, 5.74) is 3.47. The van der Waals surface area contributed by atoms with Gasteiger partial charge in [0, 0.05) is 21.3 Å². The minimum absolute atomic E-state index is 0.0340. The number of halogens is 2. The zero-order valence-electron chi connectivity index (χ0n) is 9.85. The number of imidazole rings is 1. The molecule has 1 aromatic carbocycles. The van der Waals surface area contributed by atoms with E-state index in [2.05, 4.69) is 20.9 Å². The standard InChI is InChI=1S/C14H10BrClN2O/c15-10-2-4-14-17-6-13(18(14)7-10)12-5-11(16)3-1-9(12)8-19/h1-7,19H,8H2. The highest BCUT2D eigenvalue weighted by molar-refractivity contribution is 9.10. The van der Waals surface area contributed by atoms with Crippen molar-refractivity contribution in [1.29, 1.82) is 0 Å². The van der Waals surface area contributed by atoms with E-state index in [0.717, 1.165) is 26.9 Å². The first-order valence-electron chi connectivity index (χ1n) is 5.71. The minimum Gasteiger partial charge on any atom is -0.392 e. The van der Waals surface area contributed by atoms with E-state index in [4.69, 9.17) is 11.6 Å². The molecule has 0 spiro atoms. The Morgan fingerprint density at radius 1 is 1.26 bits per heavy atom. The molecule has 0 saturated heterocycles. The molecule has 0 bridgehead atoms. The van der Waals surface area contributed by atoms with Crippen molar-refractivity contribution in [1.82, 2.24) is 9.38 Å². The topological polar surface area (TPSA) is 37.5 Å². The molecule has 1 N–H and O–H groups in total. The van der Waals surface area contributed by atoms with E-state index < -0.39 is 0 Å². The zero-order valence-corrected chi connectivity index (χ0v) is 12.2. The average Bonchev–Trinajstić information content (AvgIpc) is 2.81. The monoisotopic (exact) mass is 336 g/mol. The molecule has 0 saturated carbocycles. The molecule has 0 radical (unpaired) electrons. The van der Waals surface area contributed by atoms with Crippen LogP contribution >= 0.6 is 27.5 Å². The third-order valence-corrected chi connectivity index (χ3v) is 3.69. The van der Waals surface area contributed by atoms with Gasteiger partial charge in [0.15, 0.2) is 0 Å². The van der Waals surface area contributed by atoms with E-state index in [1.54, 1.807) is 12.3 Å². The van der Waals surface area contributed by atoms with Crippen molar-refractivity contribution >= 4 is 33.2 Å². The average molecular weight is 338 g/mol. The zero-order chi connectivity index (χ0) is 13.4. The number of pyridine rings is 1. The smallest absolute Gasteiger partial charge is 0.137 e. The van der Waals surface area contributed by atoms with Crippen molar-refractivity contribution < 1.29 is 5.11 Å². The molecule has 0 atom stereocenters. The highest BCUT2D eigenvalue weighted by Crippen LogP contribution is 2.28. The van der Waals surface area contributed by atoms with Gasteiger partial charge in [0.2, 0.25) is 0 Å². The van der Waals surface area contributed by atoms with E-state index >= 15 is 0 Å². The van der Waals surface area contributed by atoms with Crippen LogP contribution in [0.1, 0.15) is 5.56 Å². The number of aliphatic hydroxyl groups is 1. The van der Waals surface area contributed by atoms with Gasteiger partial charge in [0.1, 0.15) is 5.65 Å². The first kappa shape index (κ1) is 12.7. The number of aromatic nitrogens is 2. The number of fused-ring (bicyclic) bond motifs is 1. The van der Waals surface area contributed by atoms with Gasteiger partial charge in [-0.05, 0) is 45.8 Å². The van der Waals surface area contributed by atoms with Gasteiger partial charge in [-0.1, -0.05) is 17.7 Å². The predicted octanol–water partition coefficient (Wildman–Crippen LogP) is 3.91. The van der Waals surface area contributed by atoms with Crippen LogP contribution in [0.3, 0.4) is 0 Å². The van der Waals surface area contributed by atoms with Gasteiger partial charge in [-0.15, -0.1) is 0 Å². The van der Waals surface area contributed by atoms with E-state index in [9.17, 15) is 5.11 Å². The summed E-state index contributed by atoms with van der Waals surface area (Å²) >= 11 is 9.50. The molecule has 5 heteroatoms. The Bertz CT molecular complexity index is 754. The molecule has 0 amide bonds. The quantitative estimate of drug-likeness (QED) is 0.770. The molecular weight excluding hydrogens is 328 g/mol. The van der Waals surface area contributed by atoms with Crippen molar-refractivity contribution in [2.24, 2.45) is 0 Å². The fourth-order valence-corrected chi connectivity index (χ4v) is 2.59. The van der Waals surface area contributed by atoms with Gasteiger partial charge in [0.25, 0.3) is 0 Å². The number of rotatable bonds is 2. The Hall–Kier alpha value is -1.36. The second kappa shape index (κ2) is 4.96. The van der Waals surface area contributed by atoms with Gasteiger partial charge >= 0.3 is 0 Å². The van der Waals surface area contributed by atoms with Crippen LogP contribution in [-0.2, 0) is 6.61 Å². The lowest BCUT2D eigenvalue weighted by atomic mass is 10.1. The Balaban J connectivity index is 2.29. The van der Waals surface area contributed by atoms with Gasteiger partial charge in [-0.3, -0.25) is 4.40 Å². The van der Waals surface area contributed by atoms with Gasteiger partial charge in [0.05, 0.1) is 18.5 Å². The Morgan fingerprint density at radius 3 is 2.89 bits per heavy atom. The van der Waals surface area contributed by atoms with Gasteiger partial charge in [-0.2, -0.15) is 0 Å². The third kappa shape index (κ3) is 2.27. The summed E-state index contributed by atoms with van der Waals surface area (Å²) in [7, 11) is 0. The molecule has 96 valence electrons. The van der Waals surface area contributed by atoms with E-state index in [1.807, 2.05) is 34.9 Å². The molecule has 0 unspecified atom stereocenters. The molecule has 3 aromatic rings. The first-order chi connectivity index (χ1) is 9.19. The summed E-state index contributed by atoms with van der Waals surface area (Å²) in [6, 6.07) is 9.32. The molecule has 2 heterocycles. The normalized spacial score (nSPS) is 11.1. The summed E-state index contributed by atoms with van der Waals surface area (Å²) in [4.78, 5) is 4.36. The highest BCUT2D eigenvalue weighted by Gasteiger charge is 2.11. The lowest BCUT2D eigenvalue weighted by molar-refractivity contribution is 0.282. The lowest BCUT2D eigenvalue weighted by Crippen LogP contribution is -1.93. The molecule has 0 fully saturated rings. The molecule has 0 aliphatic carbocycles. The van der Waals surface area contributed by atoms with Crippen molar-refractivity contribution in [3.8, 4) is 11.3 Å². The van der Waals surface area contributed by atoms with Crippen LogP contribution in [0.25, 0.3) is 16.9 Å². The molecule has 3 nitrogen and oxygen atoms in total. The first-order valence-corrected chi connectivity index (χ1v) is 6.88. The van der Waals surface area contributed by atoms with Crippen LogP contribution in [0.2, 0.25) is 5.02 Å². The molecule has 0 aliphatic heterocycles. The summed E-state index contributed by atoms with van der Waals surface area (Å²) in [6.45, 7) is -0.0340. The van der Waals surface area contributed by atoms with Gasteiger partial charge < -0.3 is 5.11 Å². The fourth-order valence-electron chi connectivity index (χ4n) is 2.08. The Morgan fingerprint density at radius 2 is 2.11 bits per heavy atom. The van der Waals surface area contributed by atoms with Crippen molar-refractivity contribution in [3.63, 3.8) is 0 Å². The number of aliphatic hydroxyl groups excluding tert-OH is 1. The maximum atomic E-state index is 9.45. The summed E-state index contributed by atoms with van der Waals surface area (Å²) < 4.78 is 2.93. The van der Waals surface area contributed by atoms with Crippen LogP contribution < -0.4 is 0 Å². The highest BCUT2D eigenvalue weighted by atomic mass is 79.9. The summed E-state index contributed by atoms with van der Waals surface area (Å²) in [6.07, 6.45) is 3.73. The molecule has 0 aliphatic rings. The second-order valence-corrected chi connectivity index (χ2v) is 5.53. The number of nitrogens with zero attached hydrogens (tertiary/aromatic N) is 2. The van der Waals surface area contributed by atoms with E-state index in [0.29, 0.717) is 5.02 Å². The maximum Gasteiger partial charge on any atom is 0.137 e. The maximum absolute atomic E-state index is 9.45. The largest absolute Gasteiger partial charge is 0.392 e. The third-order valence-electron chi connectivity index (χ3n) is 2.99. The Labute approximate surface area is 123 Å². The summed E-state index contributed by atoms with van der Waals surface area (Å²) in [5, 5.41) is 10.1. The number of hydrogen-bond acceptors (Lipinski definition) is 2. The van der Waals surface area contributed by atoms with Crippen LogP contribution in [-0.4, -0.2) is 14.5 Å². The summed E-state index contributed by atoms with van der Waals surface area (Å²) in [5.74, 6) is 0. The van der Waals surface area contributed by atoms with Gasteiger partial charge in [-0.25, -0.2) is 4.98 Å². The van der Waals surface area contributed by atoms with Crippen LogP contribution in [0.15, 0.2) is 47.2 Å². The van der Waals surface area contributed by atoms with E-state index in [-0.39, 0.29) is 6.61 Å². The van der Waals surface area contributed by atoms with Crippen molar-refractivity contribution in [2.75, 3.05) is 0 Å². The SMILES string of the molecule is OCc1ccc(Cl)cc1-c1cnc2ccc(Br)cn12. The molecule has 19 heavy (non-hydrogen) atoms. The minimum atomic E-state index is -0.0340. The molecule has 3 rings (SSSR count). The fraction of sp³-hybridized carbons (Fsp3) is 0.0714. The lowest BCUT2D eigenvalue weighted by Gasteiger charge is -2.08. The Kier molecular flexibility index (Phi) is 3.31. The van der Waals surface area contributed by atoms with Crippen LogP contribution in [0.5, 0.6) is 0 Å². The predicted molar refractivity (Wildman–Crippen MR) is 79.3 cm³/mol. The second-order valence-electron chi connectivity index (χ2n) is 4.18. The molecule has 2 aromatic heterocycles. The van der Waals surface area contributed by atoms with Crippen molar-refractivity contribution in [2.45, 2.75) is 6.61 Å². The molecular formula is C14H10BrClN2O. The van der Waals surface area contributed by atoms with Crippen molar-refractivity contribution in [3.05, 3.63) is 57.8 Å². The number of benzene rings is 1. The van der Waals surface area contributed by atoms with E-state index in [1.165, 1.54) is 0 Å². The number of hydrogen-bond donors (Lipinski definition) is 1. The van der Waals surface area contributed by atoms with Crippen LogP contribution in [0, 0.1) is 0 Å².